The number of phosphoric acid groups is 2. The molecule has 0 radical (unpaired) electrons. The summed E-state index contributed by atoms with van der Waals surface area (Å²) in [7, 11) is -11.3. The van der Waals surface area contributed by atoms with Crippen molar-refractivity contribution >= 4 is 38.4 Å². The second-order valence-corrected chi connectivity index (χ2v) is 12.8. The van der Waals surface area contributed by atoms with Gasteiger partial charge in [-0.15, -0.1) is 0 Å². The third kappa shape index (κ3) is 6.73. The van der Waals surface area contributed by atoms with Gasteiger partial charge in [0.15, 0.2) is 42.0 Å². The van der Waals surface area contributed by atoms with Crippen LogP contribution in [0, 0.1) is 0 Å². The Balaban J connectivity index is 1.16. The van der Waals surface area contributed by atoms with E-state index in [4.69, 9.17) is 15.2 Å². The number of carbonyl (C=O) groups is 1. The summed E-state index contributed by atoms with van der Waals surface area (Å²) in [6.45, 7) is -0.623. The number of Topliss-reactive ketones (excluding diaryl/α,β-unsaturated/α-hetero) is 1. The molecule has 240 valence electrons. The Morgan fingerprint density at radius 3 is 2.32 bits per heavy atom. The molecule has 3 aromatic heterocycles. The van der Waals surface area contributed by atoms with Crippen molar-refractivity contribution in [3.63, 3.8) is 0 Å². The Hall–Kier alpha value is -2.81. The van der Waals surface area contributed by atoms with Crippen molar-refractivity contribution in [2.24, 2.45) is 0 Å². The predicted octanol–water partition coefficient (Wildman–Crippen LogP) is -3.18. The summed E-state index contributed by atoms with van der Waals surface area (Å²) in [4.78, 5) is 48.0. The minimum atomic E-state index is -5.67. The summed E-state index contributed by atoms with van der Waals surface area (Å²) in [5.41, 5.74) is 6.34. The average Bonchev–Trinajstić information content (AvgIpc) is 3.61. The summed E-state index contributed by atoms with van der Waals surface area (Å²) in [6, 6.07) is 3.01. The van der Waals surface area contributed by atoms with Crippen LogP contribution in [-0.4, -0.2) is 95.6 Å². The number of aliphatic hydroxyl groups is 4. The molecule has 5 heterocycles. The second-order valence-electron chi connectivity index (χ2n) is 9.84. The van der Waals surface area contributed by atoms with Crippen molar-refractivity contribution in [3.05, 3.63) is 42.7 Å². The third-order valence-electron chi connectivity index (χ3n) is 6.85. The quantitative estimate of drug-likeness (QED) is 0.0768. The number of aliphatic hydroxyl groups excluding tert-OH is 4. The minimum absolute atomic E-state index is 0.0405. The van der Waals surface area contributed by atoms with E-state index in [0.717, 1.165) is 6.33 Å². The van der Waals surface area contributed by atoms with E-state index in [2.05, 4.69) is 28.3 Å². The van der Waals surface area contributed by atoms with Crippen molar-refractivity contribution in [1.82, 2.24) is 19.5 Å². The van der Waals surface area contributed by atoms with Gasteiger partial charge in [0.2, 0.25) is 0 Å². The third-order valence-corrected chi connectivity index (χ3v) is 9.38. The van der Waals surface area contributed by atoms with Crippen LogP contribution in [0.4, 0.5) is 5.82 Å². The number of ether oxygens (including phenoxy) is 2. The van der Waals surface area contributed by atoms with Crippen molar-refractivity contribution in [1.29, 1.82) is 0 Å². The van der Waals surface area contributed by atoms with Gasteiger partial charge in [0.05, 0.1) is 25.1 Å². The predicted molar refractivity (Wildman–Crippen MR) is 136 cm³/mol. The molecule has 2 fully saturated rings. The molecule has 22 heteroatoms. The van der Waals surface area contributed by atoms with Crippen LogP contribution in [0.2, 0.25) is 0 Å². The van der Waals surface area contributed by atoms with Gasteiger partial charge in [0, 0.05) is 6.07 Å². The van der Waals surface area contributed by atoms with Crippen LogP contribution in [0.1, 0.15) is 29.7 Å². The van der Waals surface area contributed by atoms with E-state index in [1.807, 2.05) is 0 Å². The van der Waals surface area contributed by atoms with E-state index in [-0.39, 0.29) is 28.3 Å². The summed E-state index contributed by atoms with van der Waals surface area (Å²) in [6.07, 6.45) is -6.89. The summed E-state index contributed by atoms with van der Waals surface area (Å²) in [5, 5.41) is 41.6. The number of nitrogen functional groups attached to an aromatic ring is 1. The number of fused-ring (bicyclic) bond motifs is 1. The first-order valence-corrected chi connectivity index (χ1v) is 15.7. The normalized spacial score (nSPS) is 31.6. The second kappa shape index (κ2) is 12.5. The molecular formula is C22H27N6O14P2-. The topological polar surface area (TPSA) is 298 Å². The summed E-state index contributed by atoms with van der Waals surface area (Å²) in [5.74, 6) is -0.239. The molecule has 10 atom stereocenters. The van der Waals surface area contributed by atoms with Gasteiger partial charge < -0.3 is 54.5 Å². The van der Waals surface area contributed by atoms with Crippen LogP contribution < -0.4 is 20.1 Å². The molecule has 0 aromatic carbocycles. The van der Waals surface area contributed by atoms with E-state index in [9.17, 15) is 44.1 Å². The fourth-order valence-corrected chi connectivity index (χ4v) is 6.64. The van der Waals surface area contributed by atoms with Crippen molar-refractivity contribution in [2.45, 2.75) is 56.0 Å². The molecule has 0 amide bonds. The summed E-state index contributed by atoms with van der Waals surface area (Å²) >= 11 is 0. The number of rotatable bonds is 11. The highest BCUT2D eigenvalue weighted by Gasteiger charge is 2.49. The Labute approximate surface area is 247 Å². The number of carbonyl (C=O) groups excluding carboxylic acids is 1. The molecule has 0 aliphatic carbocycles. The first-order chi connectivity index (χ1) is 20.7. The van der Waals surface area contributed by atoms with Gasteiger partial charge in [-0.3, -0.25) is 18.5 Å². The lowest BCUT2D eigenvalue weighted by Gasteiger charge is -2.31. The molecule has 20 nitrogen and oxygen atoms in total. The standard InChI is InChI=1S/C22H28N6O14P2/c1-10(29)11-3-2-4-27(5-11)21-17(32)15(30)12(40-21)6-38-43(34,35)42-44(36,37)39-7-13-16(31)18(33)22(41-13)28-9-26-14-19(23)24-8-25-20(14)28/h2-5,8-9,12-13,15-18,21-22,30-33H,6-7H2,1H3,(H3-,23,24,25,34,35,36,37)/p-1/t12-,13-,15-,16-,17-,18-,21-,22-/m1/s1. The zero-order valence-electron chi connectivity index (χ0n) is 22.6. The number of imidazole rings is 1. The van der Waals surface area contributed by atoms with Crippen LogP contribution >= 0.6 is 15.6 Å². The maximum atomic E-state index is 12.3. The molecule has 6 N–H and O–H groups in total. The number of ketones is 1. The molecule has 0 spiro atoms. The van der Waals surface area contributed by atoms with Crippen LogP contribution in [0.15, 0.2) is 37.2 Å². The number of aromatic nitrogens is 5. The van der Waals surface area contributed by atoms with Crippen LogP contribution in [0.25, 0.3) is 11.2 Å². The van der Waals surface area contributed by atoms with E-state index < -0.39 is 77.9 Å². The lowest BCUT2D eigenvalue weighted by atomic mass is 10.1. The molecule has 2 saturated heterocycles. The van der Waals surface area contributed by atoms with Crippen molar-refractivity contribution in [3.8, 4) is 0 Å². The molecule has 2 aliphatic heterocycles. The Bertz CT molecular complexity index is 1630. The average molecular weight is 661 g/mol. The molecule has 5 rings (SSSR count). The van der Waals surface area contributed by atoms with Crippen LogP contribution in [0.5, 0.6) is 0 Å². The number of hydrogen-bond acceptors (Lipinski definition) is 18. The largest absolute Gasteiger partial charge is 0.756 e. The molecule has 2 unspecified atom stereocenters. The number of nitrogens with two attached hydrogens (primary N) is 1. The van der Waals surface area contributed by atoms with Gasteiger partial charge in [0.25, 0.3) is 21.9 Å². The highest BCUT2D eigenvalue weighted by atomic mass is 31.3. The van der Waals surface area contributed by atoms with E-state index >= 15 is 0 Å². The molecule has 2 aliphatic rings. The Morgan fingerprint density at radius 2 is 1.66 bits per heavy atom. The van der Waals surface area contributed by atoms with Gasteiger partial charge in [-0.05, 0) is 13.0 Å². The number of pyridine rings is 1. The van der Waals surface area contributed by atoms with E-state index in [1.165, 1.54) is 46.9 Å². The molecular weight excluding hydrogens is 634 g/mol. The van der Waals surface area contributed by atoms with Gasteiger partial charge in [-0.25, -0.2) is 19.3 Å². The Kier molecular flexibility index (Phi) is 9.28. The molecule has 3 aromatic rings. The fourth-order valence-electron chi connectivity index (χ4n) is 4.62. The first kappa shape index (κ1) is 32.6. The SMILES string of the molecule is CC(=O)c1ccc[n+]([C@@H]2O[C@H](COP(=O)([O-])OP(=O)([O-])OC[C@H]3O[C@@H](n4cnc5c(N)ncnc54)[C@H](O)[C@@H]3O)[C@@H](O)[C@H]2O)c1. The molecule has 0 saturated carbocycles. The van der Waals surface area contributed by atoms with Crippen molar-refractivity contribution < 1.29 is 71.5 Å². The number of nitrogens with zero attached hydrogens (tertiary/aromatic N) is 5. The van der Waals surface area contributed by atoms with Gasteiger partial charge in [-0.2, -0.15) is 4.57 Å². The molecule has 44 heavy (non-hydrogen) atoms. The van der Waals surface area contributed by atoms with Gasteiger partial charge in [0.1, 0.15) is 42.4 Å². The first-order valence-electron chi connectivity index (χ1n) is 12.8. The maximum absolute atomic E-state index is 12.3. The lowest BCUT2D eigenvalue weighted by Crippen LogP contribution is -2.46. The fraction of sp³-hybridized carbons (Fsp3) is 0.500. The number of anilines is 1. The number of hydrogen-bond donors (Lipinski definition) is 5. The zero-order valence-corrected chi connectivity index (χ0v) is 24.4. The smallest absolute Gasteiger partial charge is 0.292 e. The zero-order chi connectivity index (χ0) is 32.0. The minimum Gasteiger partial charge on any atom is -0.756 e. The van der Waals surface area contributed by atoms with Crippen LogP contribution in [0.3, 0.4) is 0 Å². The van der Waals surface area contributed by atoms with Crippen molar-refractivity contribution in [2.75, 3.05) is 18.9 Å². The van der Waals surface area contributed by atoms with Crippen LogP contribution in [-0.2, 0) is 32.0 Å². The highest BCUT2D eigenvalue weighted by Crippen LogP contribution is 2.56. The monoisotopic (exact) mass is 661 g/mol. The lowest BCUT2D eigenvalue weighted by molar-refractivity contribution is -0.765. The molecule has 0 bridgehead atoms. The van der Waals surface area contributed by atoms with E-state index in [1.54, 1.807) is 0 Å². The Morgan fingerprint density at radius 1 is 1.02 bits per heavy atom. The maximum Gasteiger partial charge on any atom is 0.292 e. The summed E-state index contributed by atoms with van der Waals surface area (Å²) < 4.78 is 51.3. The van der Waals surface area contributed by atoms with E-state index in [0.29, 0.717) is 0 Å². The van der Waals surface area contributed by atoms with Gasteiger partial charge >= 0.3 is 0 Å². The van der Waals surface area contributed by atoms with Gasteiger partial charge in [-0.1, -0.05) is 0 Å². The number of phosphoric ester groups is 2. The highest BCUT2D eigenvalue weighted by molar-refractivity contribution is 7.59.